The molecule has 0 saturated heterocycles. The molecule has 4 rings (SSSR count). The highest BCUT2D eigenvalue weighted by molar-refractivity contribution is 8.00. The Morgan fingerprint density at radius 1 is 1.09 bits per heavy atom. The van der Waals surface area contributed by atoms with Gasteiger partial charge in [0, 0.05) is 18.5 Å². The fourth-order valence-electron chi connectivity index (χ4n) is 3.60. The Morgan fingerprint density at radius 2 is 1.78 bits per heavy atom. The molecule has 2 heterocycles. The van der Waals surface area contributed by atoms with Crippen LogP contribution in [0.25, 0.3) is 10.9 Å². The number of hydrogen-bond donors (Lipinski definition) is 0. The van der Waals surface area contributed by atoms with Gasteiger partial charge >= 0.3 is 6.18 Å². The molecule has 0 bridgehead atoms. The number of methoxy groups -OCH3 is 2. The van der Waals surface area contributed by atoms with E-state index in [1.807, 2.05) is 12.1 Å². The van der Waals surface area contributed by atoms with Crippen LogP contribution in [-0.2, 0) is 23.9 Å². The molecule has 0 unspecified atom stereocenters. The number of rotatable bonds is 5. The number of benzene rings is 2. The van der Waals surface area contributed by atoms with Crippen LogP contribution in [0.4, 0.5) is 13.2 Å². The molecule has 32 heavy (non-hydrogen) atoms. The molecule has 168 valence electrons. The highest BCUT2D eigenvalue weighted by Crippen LogP contribution is 2.34. The van der Waals surface area contributed by atoms with Crippen LogP contribution < -0.4 is 9.47 Å². The van der Waals surface area contributed by atoms with Crippen molar-refractivity contribution in [1.82, 2.24) is 14.9 Å². The van der Waals surface area contributed by atoms with Crippen LogP contribution >= 0.6 is 11.8 Å². The highest BCUT2D eigenvalue weighted by Gasteiger charge is 2.35. The van der Waals surface area contributed by atoms with Crippen LogP contribution in [0.1, 0.15) is 17.0 Å². The second-order valence-electron chi connectivity index (χ2n) is 7.20. The molecule has 0 N–H and O–H groups in total. The average Bonchev–Trinajstić information content (AvgIpc) is 2.80. The first-order valence-corrected chi connectivity index (χ1v) is 10.8. The van der Waals surface area contributed by atoms with E-state index in [4.69, 9.17) is 9.47 Å². The number of para-hydroxylation sites is 1. The van der Waals surface area contributed by atoms with Gasteiger partial charge in [0.25, 0.3) is 0 Å². The second-order valence-corrected chi connectivity index (χ2v) is 8.16. The summed E-state index contributed by atoms with van der Waals surface area (Å²) < 4.78 is 50.3. The molecule has 6 nitrogen and oxygen atoms in total. The fraction of sp³-hybridized carbons (Fsp3) is 0.318. The molecule has 0 aliphatic carbocycles. The van der Waals surface area contributed by atoms with Crippen LogP contribution in [0.15, 0.2) is 41.4 Å². The summed E-state index contributed by atoms with van der Waals surface area (Å²) in [7, 11) is 3.12. The summed E-state index contributed by atoms with van der Waals surface area (Å²) in [5.41, 5.74) is 2.23. The number of halogens is 3. The minimum absolute atomic E-state index is 0.0269. The fourth-order valence-corrected chi connectivity index (χ4v) is 4.52. The summed E-state index contributed by atoms with van der Waals surface area (Å²) in [6.45, 7) is 0.910. The molecule has 1 aliphatic heterocycles. The quantitative estimate of drug-likeness (QED) is 0.414. The summed E-state index contributed by atoms with van der Waals surface area (Å²) in [5, 5.41) is 0.624. The van der Waals surface area contributed by atoms with Crippen molar-refractivity contribution in [3.05, 3.63) is 53.3 Å². The number of ether oxygens (including phenoxy) is 2. The molecule has 0 saturated carbocycles. The minimum atomic E-state index is -4.67. The largest absolute Gasteiger partial charge is 0.493 e. The van der Waals surface area contributed by atoms with Crippen molar-refractivity contribution in [2.75, 3.05) is 26.5 Å². The maximum absolute atomic E-state index is 13.2. The number of thioether (sulfide) groups is 1. The van der Waals surface area contributed by atoms with Gasteiger partial charge in [0.05, 0.1) is 25.5 Å². The maximum Gasteiger partial charge on any atom is 0.451 e. The Morgan fingerprint density at radius 3 is 2.47 bits per heavy atom. The van der Waals surface area contributed by atoms with E-state index in [-0.39, 0.29) is 22.2 Å². The van der Waals surface area contributed by atoms with E-state index >= 15 is 0 Å². The highest BCUT2D eigenvalue weighted by atomic mass is 32.2. The van der Waals surface area contributed by atoms with Gasteiger partial charge in [0.15, 0.2) is 11.5 Å². The maximum atomic E-state index is 13.2. The number of carbonyl (C=O) groups excluding carboxylic acids is 1. The zero-order valence-electron chi connectivity index (χ0n) is 17.4. The third kappa shape index (κ3) is 4.45. The number of fused-ring (bicyclic) bond motifs is 2. The lowest BCUT2D eigenvalue weighted by atomic mass is 9.99. The first-order chi connectivity index (χ1) is 15.3. The van der Waals surface area contributed by atoms with Crippen LogP contribution in [0.2, 0.25) is 0 Å². The summed E-state index contributed by atoms with van der Waals surface area (Å²) in [4.78, 5) is 21.9. The number of carbonyl (C=O) groups is 1. The van der Waals surface area contributed by atoms with Crippen LogP contribution in [0, 0.1) is 0 Å². The topological polar surface area (TPSA) is 64.6 Å². The molecule has 0 atom stereocenters. The third-order valence-corrected chi connectivity index (χ3v) is 6.20. The number of aromatic nitrogens is 2. The van der Waals surface area contributed by atoms with E-state index in [0.29, 0.717) is 36.4 Å². The smallest absolute Gasteiger partial charge is 0.451 e. The molecule has 1 aromatic heterocycles. The van der Waals surface area contributed by atoms with Gasteiger partial charge in [-0.1, -0.05) is 30.0 Å². The van der Waals surface area contributed by atoms with Gasteiger partial charge in [-0.2, -0.15) is 13.2 Å². The molecular formula is C22H20F3N3O3S. The second kappa shape index (κ2) is 8.85. The van der Waals surface area contributed by atoms with Crippen molar-refractivity contribution in [2.24, 2.45) is 0 Å². The van der Waals surface area contributed by atoms with Crippen molar-refractivity contribution >= 4 is 28.6 Å². The number of alkyl halides is 3. The van der Waals surface area contributed by atoms with E-state index in [2.05, 4.69) is 9.97 Å². The molecule has 2 aromatic carbocycles. The van der Waals surface area contributed by atoms with Gasteiger partial charge in [-0.25, -0.2) is 9.97 Å². The number of nitrogens with zero attached hydrogens (tertiary/aromatic N) is 3. The van der Waals surface area contributed by atoms with E-state index in [1.54, 1.807) is 37.3 Å². The zero-order chi connectivity index (χ0) is 22.9. The predicted molar refractivity (Wildman–Crippen MR) is 114 cm³/mol. The van der Waals surface area contributed by atoms with Crippen molar-refractivity contribution < 1.29 is 27.4 Å². The Hall–Kier alpha value is -3.01. The van der Waals surface area contributed by atoms with E-state index in [0.717, 1.165) is 22.9 Å². The Bertz CT molecular complexity index is 1170. The van der Waals surface area contributed by atoms with E-state index in [9.17, 15) is 18.0 Å². The predicted octanol–water partition coefficient (Wildman–Crippen LogP) is 4.34. The van der Waals surface area contributed by atoms with Crippen LogP contribution in [0.3, 0.4) is 0 Å². The molecular weight excluding hydrogens is 443 g/mol. The van der Waals surface area contributed by atoms with Gasteiger partial charge < -0.3 is 14.4 Å². The average molecular weight is 463 g/mol. The van der Waals surface area contributed by atoms with Crippen LogP contribution in [-0.4, -0.2) is 47.3 Å². The number of hydrogen-bond acceptors (Lipinski definition) is 6. The zero-order valence-corrected chi connectivity index (χ0v) is 18.2. The van der Waals surface area contributed by atoms with Crippen molar-refractivity contribution in [1.29, 1.82) is 0 Å². The van der Waals surface area contributed by atoms with Crippen molar-refractivity contribution in [3.8, 4) is 11.5 Å². The lowest BCUT2D eigenvalue weighted by Crippen LogP contribution is -2.37. The molecule has 0 fully saturated rings. The Balaban J connectivity index is 1.52. The summed E-state index contributed by atoms with van der Waals surface area (Å²) in [5.74, 6) is -0.188. The van der Waals surface area contributed by atoms with Crippen LogP contribution in [0.5, 0.6) is 11.5 Å². The van der Waals surface area contributed by atoms with E-state index < -0.39 is 12.0 Å². The summed E-state index contributed by atoms with van der Waals surface area (Å²) in [6, 6.07) is 10.2. The molecule has 1 amide bonds. The molecule has 0 radical (unpaired) electrons. The SMILES string of the molecule is COc1cc2c(cc1OC)CN(C(=O)CSc1nc(C(F)(F)F)nc3ccccc13)CC2. The standard InChI is InChI=1S/C22H20F3N3O3S/c1-30-17-9-13-7-8-28(11-14(13)10-18(17)31-2)19(29)12-32-20-15-5-3-4-6-16(15)26-21(27-20)22(23,24)25/h3-6,9-10H,7-8,11-12H2,1-2H3. The lowest BCUT2D eigenvalue weighted by Gasteiger charge is -2.29. The van der Waals surface area contributed by atoms with Gasteiger partial charge in [0.1, 0.15) is 5.03 Å². The summed E-state index contributed by atoms with van der Waals surface area (Å²) in [6.07, 6.45) is -4.01. The third-order valence-electron chi connectivity index (χ3n) is 5.22. The van der Waals surface area contributed by atoms with E-state index in [1.165, 1.54) is 6.07 Å². The minimum Gasteiger partial charge on any atom is -0.493 e. The first-order valence-electron chi connectivity index (χ1n) is 9.78. The van der Waals surface area contributed by atoms with Gasteiger partial charge in [-0.15, -0.1) is 0 Å². The van der Waals surface area contributed by atoms with Gasteiger partial charge in [-0.3, -0.25) is 4.79 Å². The van der Waals surface area contributed by atoms with Gasteiger partial charge in [-0.05, 0) is 35.7 Å². The number of amides is 1. The molecule has 10 heteroatoms. The normalized spacial score (nSPS) is 13.7. The van der Waals surface area contributed by atoms with Crippen molar-refractivity contribution in [2.45, 2.75) is 24.2 Å². The Labute approximate surface area is 186 Å². The van der Waals surface area contributed by atoms with Crippen molar-refractivity contribution in [3.63, 3.8) is 0 Å². The lowest BCUT2D eigenvalue weighted by molar-refractivity contribution is -0.145. The monoisotopic (exact) mass is 463 g/mol. The molecule has 1 aliphatic rings. The first kappa shape index (κ1) is 22.2. The molecule has 3 aromatic rings. The van der Waals surface area contributed by atoms with Gasteiger partial charge in [0.2, 0.25) is 11.7 Å². The molecule has 0 spiro atoms. The summed E-state index contributed by atoms with van der Waals surface area (Å²) >= 11 is 0.990. The Kier molecular flexibility index (Phi) is 6.14.